The number of anilines is 1. The summed E-state index contributed by atoms with van der Waals surface area (Å²) >= 11 is 0. The van der Waals surface area contributed by atoms with Crippen LogP contribution in [0.25, 0.3) is 33.3 Å². The van der Waals surface area contributed by atoms with Crippen LogP contribution in [0.5, 0.6) is 0 Å². The van der Waals surface area contributed by atoms with Gasteiger partial charge in [0.25, 0.3) is 0 Å². The standard InChI is InChI=1S/C14H11NO.C8H7N3O/c1-15-13-5-3-2-4-11(13)12-8-10(9-16)6-7-14(12)15;9-8-11-10-7(12-8)6-4-2-1-3-5-6/h2-9H,1H3;1-5H,(H2,9,11). The number of para-hydroxylation sites is 1. The molecule has 0 spiro atoms. The number of fused-ring (bicyclic) bond motifs is 3. The Morgan fingerprint density at radius 2 is 1.61 bits per heavy atom. The lowest BCUT2D eigenvalue weighted by Crippen LogP contribution is -1.86. The van der Waals surface area contributed by atoms with Crippen molar-refractivity contribution in [2.75, 3.05) is 5.73 Å². The van der Waals surface area contributed by atoms with Crippen LogP contribution in [0.2, 0.25) is 0 Å². The number of carbonyl (C=O) groups is 1. The van der Waals surface area contributed by atoms with Crippen molar-refractivity contribution in [3.05, 3.63) is 78.4 Å². The van der Waals surface area contributed by atoms with Gasteiger partial charge in [0.1, 0.15) is 6.29 Å². The molecule has 5 aromatic rings. The molecular weight excluding hydrogens is 352 g/mol. The molecule has 0 saturated heterocycles. The molecule has 0 saturated carbocycles. The first-order chi connectivity index (χ1) is 13.7. The van der Waals surface area contributed by atoms with Gasteiger partial charge < -0.3 is 14.7 Å². The van der Waals surface area contributed by atoms with E-state index in [-0.39, 0.29) is 6.01 Å². The molecular formula is C22H18N4O2. The van der Waals surface area contributed by atoms with Crippen LogP contribution in [0, 0.1) is 0 Å². The average molecular weight is 370 g/mol. The highest BCUT2D eigenvalue weighted by Gasteiger charge is 2.07. The fourth-order valence-electron chi connectivity index (χ4n) is 3.19. The molecule has 0 aliphatic rings. The molecule has 0 aliphatic carbocycles. The van der Waals surface area contributed by atoms with Gasteiger partial charge in [0.15, 0.2) is 0 Å². The van der Waals surface area contributed by atoms with Gasteiger partial charge in [-0.25, -0.2) is 0 Å². The fraction of sp³-hybridized carbons (Fsp3) is 0.0455. The van der Waals surface area contributed by atoms with E-state index in [2.05, 4.69) is 26.9 Å². The van der Waals surface area contributed by atoms with Gasteiger partial charge in [0.2, 0.25) is 5.89 Å². The zero-order valence-corrected chi connectivity index (χ0v) is 15.2. The quantitative estimate of drug-likeness (QED) is 0.464. The number of aromatic nitrogens is 3. The topological polar surface area (TPSA) is 86.9 Å². The predicted octanol–water partition coefficient (Wildman–Crippen LogP) is 4.46. The largest absolute Gasteiger partial charge is 0.404 e. The molecule has 0 radical (unpaired) electrons. The van der Waals surface area contributed by atoms with Crippen LogP contribution in [-0.2, 0) is 7.05 Å². The van der Waals surface area contributed by atoms with Gasteiger partial charge in [0.05, 0.1) is 0 Å². The predicted molar refractivity (Wildman–Crippen MR) is 110 cm³/mol. The fourth-order valence-corrected chi connectivity index (χ4v) is 3.19. The summed E-state index contributed by atoms with van der Waals surface area (Å²) in [6, 6.07) is 23.6. The van der Waals surface area contributed by atoms with E-state index in [1.165, 1.54) is 10.9 Å². The Kier molecular flexibility index (Phi) is 4.60. The van der Waals surface area contributed by atoms with Crippen molar-refractivity contribution in [1.29, 1.82) is 0 Å². The van der Waals surface area contributed by atoms with Crippen LogP contribution in [-0.4, -0.2) is 21.1 Å². The number of hydrogen-bond acceptors (Lipinski definition) is 5. The molecule has 28 heavy (non-hydrogen) atoms. The van der Waals surface area contributed by atoms with Crippen LogP contribution in [0.1, 0.15) is 10.4 Å². The second-order valence-electron chi connectivity index (χ2n) is 6.28. The van der Waals surface area contributed by atoms with Gasteiger partial charge in [-0.15, -0.1) is 5.10 Å². The Balaban J connectivity index is 0.000000143. The molecule has 6 heteroatoms. The molecule has 0 amide bonds. The maximum Gasteiger partial charge on any atom is 0.313 e. The summed E-state index contributed by atoms with van der Waals surface area (Å²) in [5.74, 6) is 0.452. The van der Waals surface area contributed by atoms with Crippen molar-refractivity contribution in [3.8, 4) is 11.5 Å². The molecule has 0 atom stereocenters. The number of nitrogens with zero attached hydrogens (tertiary/aromatic N) is 3. The summed E-state index contributed by atoms with van der Waals surface area (Å²) in [5, 5.41) is 9.64. The van der Waals surface area contributed by atoms with E-state index in [9.17, 15) is 4.79 Å². The van der Waals surface area contributed by atoms with E-state index in [0.717, 1.165) is 28.3 Å². The SMILES string of the molecule is Cn1c2ccccc2c2cc(C=O)ccc21.Nc1nnc(-c2ccccc2)o1. The third-order valence-corrected chi connectivity index (χ3v) is 4.53. The average Bonchev–Trinajstić information content (AvgIpc) is 3.31. The maximum absolute atomic E-state index is 10.8. The lowest BCUT2D eigenvalue weighted by atomic mass is 10.1. The van der Waals surface area contributed by atoms with Crippen LogP contribution in [0.3, 0.4) is 0 Å². The minimum atomic E-state index is 0.0915. The first kappa shape index (κ1) is 17.5. The summed E-state index contributed by atoms with van der Waals surface area (Å²) < 4.78 is 7.18. The zero-order valence-electron chi connectivity index (χ0n) is 15.2. The molecule has 138 valence electrons. The number of carbonyl (C=O) groups excluding carboxylic acids is 1. The zero-order chi connectivity index (χ0) is 19.5. The van der Waals surface area contributed by atoms with Crippen molar-refractivity contribution in [2.45, 2.75) is 0 Å². The number of aryl methyl sites for hydroxylation is 1. The molecule has 3 aromatic carbocycles. The number of rotatable bonds is 2. The first-order valence-electron chi connectivity index (χ1n) is 8.74. The Morgan fingerprint density at radius 1 is 0.893 bits per heavy atom. The van der Waals surface area contributed by atoms with Gasteiger partial charge in [-0.05, 0) is 36.4 Å². The highest BCUT2D eigenvalue weighted by Crippen LogP contribution is 2.28. The number of aldehydes is 1. The van der Waals surface area contributed by atoms with E-state index in [1.54, 1.807) is 0 Å². The summed E-state index contributed by atoms with van der Waals surface area (Å²) in [6.07, 6.45) is 0.890. The molecule has 2 N–H and O–H groups in total. The Bertz CT molecular complexity index is 1260. The summed E-state index contributed by atoms with van der Waals surface area (Å²) in [5.41, 5.74) is 9.23. The highest BCUT2D eigenvalue weighted by atomic mass is 16.4. The molecule has 0 unspecified atom stereocenters. The van der Waals surface area contributed by atoms with Gasteiger partial charge in [-0.1, -0.05) is 41.5 Å². The third kappa shape index (κ3) is 3.23. The lowest BCUT2D eigenvalue weighted by Gasteiger charge is -1.96. The van der Waals surface area contributed by atoms with Gasteiger partial charge in [-0.3, -0.25) is 4.79 Å². The highest BCUT2D eigenvalue weighted by molar-refractivity contribution is 6.09. The molecule has 5 rings (SSSR count). The Morgan fingerprint density at radius 3 is 2.32 bits per heavy atom. The summed E-state index contributed by atoms with van der Waals surface area (Å²) in [4.78, 5) is 10.8. The second-order valence-corrected chi connectivity index (χ2v) is 6.28. The van der Waals surface area contributed by atoms with Crippen molar-refractivity contribution in [1.82, 2.24) is 14.8 Å². The van der Waals surface area contributed by atoms with E-state index >= 15 is 0 Å². The number of nitrogens with two attached hydrogens (primary N) is 1. The molecule has 0 aliphatic heterocycles. The van der Waals surface area contributed by atoms with E-state index in [4.69, 9.17) is 10.2 Å². The first-order valence-corrected chi connectivity index (χ1v) is 8.74. The summed E-state index contributed by atoms with van der Waals surface area (Å²) in [7, 11) is 2.05. The molecule has 0 fully saturated rings. The molecule has 6 nitrogen and oxygen atoms in total. The molecule has 0 bridgehead atoms. The number of nitrogen functional groups attached to an aromatic ring is 1. The van der Waals surface area contributed by atoms with Crippen LogP contribution in [0.4, 0.5) is 6.01 Å². The van der Waals surface area contributed by atoms with Crippen LogP contribution in [0.15, 0.2) is 77.2 Å². The third-order valence-electron chi connectivity index (χ3n) is 4.53. The number of hydrogen-bond donors (Lipinski definition) is 1. The monoisotopic (exact) mass is 370 g/mol. The second kappa shape index (κ2) is 7.36. The molecule has 2 heterocycles. The van der Waals surface area contributed by atoms with Crippen LogP contribution < -0.4 is 5.73 Å². The molecule has 2 aromatic heterocycles. The van der Waals surface area contributed by atoms with Crippen molar-refractivity contribution in [3.63, 3.8) is 0 Å². The Hall–Kier alpha value is -3.93. The minimum absolute atomic E-state index is 0.0915. The Labute approximate surface area is 161 Å². The van der Waals surface area contributed by atoms with E-state index in [1.807, 2.05) is 67.7 Å². The number of benzene rings is 3. The van der Waals surface area contributed by atoms with Gasteiger partial charge in [-0.2, -0.15) is 0 Å². The maximum atomic E-state index is 10.8. The smallest absolute Gasteiger partial charge is 0.313 e. The minimum Gasteiger partial charge on any atom is -0.404 e. The van der Waals surface area contributed by atoms with Crippen LogP contribution >= 0.6 is 0 Å². The van der Waals surface area contributed by atoms with E-state index < -0.39 is 0 Å². The van der Waals surface area contributed by atoms with Gasteiger partial charge in [0, 0.05) is 40.0 Å². The van der Waals surface area contributed by atoms with Crippen molar-refractivity contribution < 1.29 is 9.21 Å². The summed E-state index contributed by atoms with van der Waals surface area (Å²) in [6.45, 7) is 0. The lowest BCUT2D eigenvalue weighted by molar-refractivity contribution is 0.112. The van der Waals surface area contributed by atoms with Gasteiger partial charge >= 0.3 is 6.01 Å². The van der Waals surface area contributed by atoms with Crippen molar-refractivity contribution >= 4 is 34.1 Å². The normalized spacial score (nSPS) is 10.6. The van der Waals surface area contributed by atoms with E-state index in [0.29, 0.717) is 5.89 Å². The van der Waals surface area contributed by atoms with Crippen molar-refractivity contribution in [2.24, 2.45) is 7.05 Å².